The van der Waals surface area contributed by atoms with Gasteiger partial charge in [0, 0.05) is 6.54 Å². The summed E-state index contributed by atoms with van der Waals surface area (Å²) in [5.74, 6) is -1.62. The summed E-state index contributed by atoms with van der Waals surface area (Å²) >= 11 is 0. The molecule has 0 bridgehead atoms. The number of aryl methyl sites for hydroxylation is 2. The standard InChI is InChI=1S/C17H26N4O7/c1-9-13(10(2)28-21-9)14(23)20-11(15(24)26-6)7-18-12(22)8-19-16(25)27-17(3,4)5/h11H,7-8H2,1-6H3,(H,18,22)(H,19,25)(H,20,23)/t11-/m0/s1. The van der Waals surface area contributed by atoms with Gasteiger partial charge in [0.2, 0.25) is 5.91 Å². The molecule has 0 unspecified atom stereocenters. The highest BCUT2D eigenvalue weighted by Crippen LogP contribution is 2.12. The fourth-order valence-electron chi connectivity index (χ4n) is 2.12. The molecule has 1 aromatic heterocycles. The maximum atomic E-state index is 12.4. The Hall–Kier alpha value is -3.11. The molecule has 0 aromatic carbocycles. The molecule has 1 aromatic rings. The van der Waals surface area contributed by atoms with Gasteiger partial charge in [0.15, 0.2) is 0 Å². The maximum Gasteiger partial charge on any atom is 0.408 e. The number of hydrogen-bond acceptors (Lipinski definition) is 8. The fourth-order valence-corrected chi connectivity index (χ4v) is 2.12. The van der Waals surface area contributed by atoms with Crippen LogP contribution in [-0.2, 0) is 19.1 Å². The van der Waals surface area contributed by atoms with Crippen LogP contribution in [0.4, 0.5) is 4.79 Å². The number of methoxy groups -OCH3 is 1. The minimum atomic E-state index is -1.14. The zero-order valence-electron chi connectivity index (χ0n) is 16.8. The first-order valence-corrected chi connectivity index (χ1v) is 8.49. The lowest BCUT2D eigenvalue weighted by Gasteiger charge is -2.20. The molecule has 3 N–H and O–H groups in total. The van der Waals surface area contributed by atoms with Crippen molar-refractivity contribution in [3.8, 4) is 0 Å². The molecule has 0 aliphatic rings. The van der Waals surface area contributed by atoms with E-state index < -0.39 is 35.5 Å². The highest BCUT2D eigenvalue weighted by Gasteiger charge is 2.26. The second kappa shape index (κ2) is 9.72. The summed E-state index contributed by atoms with van der Waals surface area (Å²) in [6.45, 7) is 7.62. The van der Waals surface area contributed by atoms with Gasteiger partial charge in [-0.1, -0.05) is 5.16 Å². The Labute approximate surface area is 162 Å². The SMILES string of the molecule is COC(=O)[C@H](CNC(=O)CNC(=O)OC(C)(C)C)NC(=O)c1c(C)noc1C. The predicted octanol–water partition coefficient (Wildman–Crippen LogP) is 0.204. The topological polar surface area (TPSA) is 149 Å². The molecular formula is C17H26N4O7. The van der Waals surface area contributed by atoms with Gasteiger partial charge in [-0.3, -0.25) is 9.59 Å². The van der Waals surface area contributed by atoms with Gasteiger partial charge < -0.3 is 29.9 Å². The Bertz CT molecular complexity index is 717. The third-order valence-electron chi connectivity index (χ3n) is 3.35. The summed E-state index contributed by atoms with van der Waals surface area (Å²) < 4.78 is 14.6. The average molecular weight is 398 g/mol. The van der Waals surface area contributed by atoms with Crippen LogP contribution >= 0.6 is 0 Å². The first-order valence-electron chi connectivity index (χ1n) is 8.49. The predicted molar refractivity (Wildman–Crippen MR) is 96.5 cm³/mol. The minimum Gasteiger partial charge on any atom is -0.467 e. The molecule has 0 saturated carbocycles. The second-order valence-corrected chi connectivity index (χ2v) is 6.91. The highest BCUT2D eigenvalue weighted by atomic mass is 16.6. The van der Waals surface area contributed by atoms with Crippen LogP contribution in [0.5, 0.6) is 0 Å². The molecule has 28 heavy (non-hydrogen) atoms. The van der Waals surface area contributed by atoms with Gasteiger partial charge >= 0.3 is 12.1 Å². The van der Waals surface area contributed by atoms with E-state index in [4.69, 9.17) is 9.26 Å². The van der Waals surface area contributed by atoms with Gasteiger partial charge in [0.1, 0.15) is 23.0 Å². The Balaban J connectivity index is 2.60. The van der Waals surface area contributed by atoms with Crippen LogP contribution in [0.15, 0.2) is 4.52 Å². The zero-order valence-corrected chi connectivity index (χ0v) is 16.8. The summed E-state index contributed by atoms with van der Waals surface area (Å²) in [7, 11) is 1.16. The summed E-state index contributed by atoms with van der Waals surface area (Å²) in [5.41, 5.74) is -0.130. The number of alkyl carbamates (subject to hydrolysis) is 1. The molecule has 0 fully saturated rings. The third kappa shape index (κ3) is 7.25. The number of amides is 3. The molecule has 0 saturated heterocycles. The number of nitrogens with zero attached hydrogens (tertiary/aromatic N) is 1. The molecule has 11 nitrogen and oxygen atoms in total. The van der Waals surface area contributed by atoms with Crippen molar-refractivity contribution in [2.24, 2.45) is 0 Å². The molecule has 11 heteroatoms. The van der Waals surface area contributed by atoms with Crippen LogP contribution in [0.25, 0.3) is 0 Å². The van der Waals surface area contributed by atoms with E-state index in [0.717, 1.165) is 7.11 Å². The minimum absolute atomic E-state index is 0.201. The molecule has 0 aliphatic heterocycles. The monoisotopic (exact) mass is 398 g/mol. The van der Waals surface area contributed by atoms with E-state index in [2.05, 4.69) is 25.8 Å². The van der Waals surface area contributed by atoms with Crippen LogP contribution in [-0.4, -0.2) is 60.9 Å². The normalized spacial score (nSPS) is 11.9. The van der Waals surface area contributed by atoms with Crippen LogP contribution < -0.4 is 16.0 Å². The number of carbonyl (C=O) groups excluding carboxylic acids is 4. The highest BCUT2D eigenvalue weighted by molar-refractivity contribution is 5.98. The van der Waals surface area contributed by atoms with Gasteiger partial charge in [-0.05, 0) is 34.6 Å². The third-order valence-corrected chi connectivity index (χ3v) is 3.35. The molecule has 3 amide bonds. The van der Waals surface area contributed by atoms with Crippen LogP contribution in [0.1, 0.15) is 42.6 Å². The number of nitrogens with one attached hydrogen (secondary N) is 3. The molecule has 1 atom stereocenters. The summed E-state index contributed by atoms with van der Waals surface area (Å²) in [5, 5.41) is 10.9. The smallest absolute Gasteiger partial charge is 0.408 e. The molecule has 156 valence electrons. The molecule has 1 heterocycles. The van der Waals surface area contributed by atoms with Crippen molar-refractivity contribution in [3.05, 3.63) is 17.0 Å². The number of carbonyl (C=O) groups is 4. The van der Waals surface area contributed by atoms with E-state index in [1.165, 1.54) is 0 Å². The van der Waals surface area contributed by atoms with Crippen molar-refractivity contribution in [1.29, 1.82) is 0 Å². The van der Waals surface area contributed by atoms with Gasteiger partial charge in [-0.25, -0.2) is 9.59 Å². The van der Waals surface area contributed by atoms with Crippen molar-refractivity contribution < 1.29 is 33.2 Å². The first kappa shape index (κ1) is 22.9. The van der Waals surface area contributed by atoms with E-state index in [9.17, 15) is 19.2 Å². The lowest BCUT2D eigenvalue weighted by atomic mass is 10.1. The first-order chi connectivity index (χ1) is 12.9. The van der Waals surface area contributed by atoms with Crippen LogP contribution in [0.2, 0.25) is 0 Å². The Morgan fingerprint density at radius 1 is 1.14 bits per heavy atom. The quantitative estimate of drug-likeness (QED) is 0.552. The Morgan fingerprint density at radius 2 is 1.79 bits per heavy atom. The van der Waals surface area contributed by atoms with Crippen molar-refractivity contribution in [2.45, 2.75) is 46.3 Å². The molecule has 1 rings (SSSR count). The van der Waals surface area contributed by atoms with Crippen LogP contribution in [0, 0.1) is 13.8 Å². The van der Waals surface area contributed by atoms with Crippen molar-refractivity contribution in [2.75, 3.05) is 20.2 Å². The number of esters is 1. The van der Waals surface area contributed by atoms with Crippen molar-refractivity contribution in [3.63, 3.8) is 0 Å². The number of rotatable bonds is 7. The molecule has 0 spiro atoms. The van der Waals surface area contributed by atoms with Gasteiger partial charge in [-0.15, -0.1) is 0 Å². The van der Waals surface area contributed by atoms with E-state index in [1.807, 2.05) is 0 Å². The number of ether oxygens (including phenoxy) is 2. The van der Waals surface area contributed by atoms with Crippen molar-refractivity contribution in [1.82, 2.24) is 21.1 Å². The van der Waals surface area contributed by atoms with Gasteiger partial charge in [0.25, 0.3) is 5.91 Å². The van der Waals surface area contributed by atoms with Gasteiger partial charge in [-0.2, -0.15) is 0 Å². The summed E-state index contributed by atoms with van der Waals surface area (Å²) in [6.07, 6.45) is -0.751. The van der Waals surface area contributed by atoms with E-state index in [-0.39, 0.29) is 18.7 Å². The number of hydrogen-bond donors (Lipinski definition) is 3. The van der Waals surface area contributed by atoms with Crippen LogP contribution in [0.3, 0.4) is 0 Å². The Kier molecular flexibility index (Phi) is 7.96. The lowest BCUT2D eigenvalue weighted by molar-refractivity contribution is -0.142. The van der Waals surface area contributed by atoms with Gasteiger partial charge in [0.05, 0.1) is 19.3 Å². The lowest BCUT2D eigenvalue weighted by Crippen LogP contribution is -2.50. The maximum absolute atomic E-state index is 12.4. The van der Waals surface area contributed by atoms with E-state index in [1.54, 1.807) is 34.6 Å². The van der Waals surface area contributed by atoms with E-state index in [0.29, 0.717) is 11.5 Å². The zero-order chi connectivity index (χ0) is 21.5. The largest absolute Gasteiger partial charge is 0.467 e. The summed E-state index contributed by atoms with van der Waals surface area (Å²) in [4.78, 5) is 47.7. The molecular weight excluding hydrogens is 372 g/mol. The second-order valence-electron chi connectivity index (χ2n) is 6.91. The van der Waals surface area contributed by atoms with E-state index >= 15 is 0 Å². The molecule has 0 aliphatic carbocycles. The van der Waals surface area contributed by atoms with Crippen molar-refractivity contribution >= 4 is 23.9 Å². The Morgan fingerprint density at radius 3 is 2.29 bits per heavy atom. The fraction of sp³-hybridized carbons (Fsp3) is 0.588. The number of aromatic nitrogens is 1. The summed E-state index contributed by atoms with van der Waals surface area (Å²) in [6, 6.07) is -1.14. The molecule has 0 radical (unpaired) electrons. The average Bonchev–Trinajstić information content (AvgIpc) is 2.92.